The summed E-state index contributed by atoms with van der Waals surface area (Å²) in [7, 11) is 0. The molecule has 178 valence electrons. The van der Waals surface area contributed by atoms with Gasteiger partial charge in [0.2, 0.25) is 0 Å². The summed E-state index contributed by atoms with van der Waals surface area (Å²) in [6.07, 6.45) is 0. The van der Waals surface area contributed by atoms with Crippen LogP contribution in [-0.4, -0.2) is 9.97 Å². The molecule has 0 saturated heterocycles. The van der Waals surface area contributed by atoms with Gasteiger partial charge in [0, 0.05) is 46.8 Å². The highest BCUT2D eigenvalue weighted by atomic mass is 32.1. The number of hydrogen-bond donors (Lipinski definition) is 0. The predicted octanol–water partition coefficient (Wildman–Crippen LogP) is 10.2. The van der Waals surface area contributed by atoms with Gasteiger partial charge in [0.05, 0.1) is 5.69 Å². The van der Waals surface area contributed by atoms with Crippen LogP contribution in [0.15, 0.2) is 121 Å². The Balaban J connectivity index is 1.30. The number of fused-ring (bicyclic) bond motifs is 6. The maximum Gasteiger partial charge on any atom is 0.161 e. The van der Waals surface area contributed by atoms with E-state index in [1.807, 2.05) is 17.4 Å². The zero-order valence-corrected chi connectivity index (χ0v) is 21.9. The van der Waals surface area contributed by atoms with Crippen LogP contribution in [0.5, 0.6) is 0 Å². The SMILES string of the molecule is c1ccc(-c2nc(-c3ccc(-c4cccc5sc6ccccc6c45)cc3)nc3sc4ccccc4c23)cc1. The van der Waals surface area contributed by atoms with Gasteiger partial charge in [0.25, 0.3) is 0 Å². The van der Waals surface area contributed by atoms with E-state index in [2.05, 4.69) is 115 Å². The molecule has 0 N–H and O–H groups in total. The quantitative estimate of drug-likeness (QED) is 0.232. The average Bonchev–Trinajstić information content (AvgIpc) is 3.55. The molecule has 2 nitrogen and oxygen atoms in total. The van der Waals surface area contributed by atoms with Crippen molar-refractivity contribution in [3.05, 3.63) is 121 Å². The van der Waals surface area contributed by atoms with Crippen molar-refractivity contribution in [1.29, 1.82) is 0 Å². The molecule has 0 unspecified atom stereocenters. The fraction of sp³-hybridized carbons (Fsp3) is 0. The summed E-state index contributed by atoms with van der Waals surface area (Å²) < 4.78 is 3.88. The molecule has 0 bridgehead atoms. The molecule has 0 saturated carbocycles. The normalized spacial score (nSPS) is 11.7. The van der Waals surface area contributed by atoms with Crippen molar-refractivity contribution in [3.8, 4) is 33.8 Å². The van der Waals surface area contributed by atoms with Gasteiger partial charge in [-0.2, -0.15) is 0 Å². The molecule has 5 aromatic carbocycles. The smallest absolute Gasteiger partial charge is 0.161 e. The number of thiophene rings is 2. The Morgan fingerprint density at radius 2 is 1.05 bits per heavy atom. The number of aromatic nitrogens is 2. The van der Waals surface area contributed by atoms with Gasteiger partial charge in [-0.3, -0.25) is 0 Å². The van der Waals surface area contributed by atoms with Gasteiger partial charge in [-0.15, -0.1) is 22.7 Å². The second-order valence-corrected chi connectivity index (χ2v) is 11.5. The van der Waals surface area contributed by atoms with Crippen LogP contribution in [0.25, 0.3) is 74.2 Å². The number of hydrogen-bond acceptors (Lipinski definition) is 4. The fourth-order valence-electron chi connectivity index (χ4n) is 5.37. The van der Waals surface area contributed by atoms with Gasteiger partial charge >= 0.3 is 0 Å². The monoisotopic (exact) mass is 520 g/mol. The third-order valence-corrected chi connectivity index (χ3v) is 9.34. The lowest BCUT2D eigenvalue weighted by Gasteiger charge is -2.09. The second kappa shape index (κ2) is 8.59. The summed E-state index contributed by atoms with van der Waals surface area (Å²) in [5.74, 6) is 0.758. The zero-order valence-electron chi connectivity index (χ0n) is 20.3. The van der Waals surface area contributed by atoms with E-state index in [4.69, 9.17) is 9.97 Å². The van der Waals surface area contributed by atoms with Crippen LogP contribution in [0.3, 0.4) is 0 Å². The van der Waals surface area contributed by atoms with Crippen molar-refractivity contribution in [1.82, 2.24) is 9.97 Å². The minimum absolute atomic E-state index is 0.758. The molecule has 8 aromatic rings. The molecule has 4 heteroatoms. The number of nitrogens with zero attached hydrogens (tertiary/aromatic N) is 2. The van der Waals surface area contributed by atoms with Gasteiger partial charge in [0.15, 0.2) is 5.82 Å². The topological polar surface area (TPSA) is 25.8 Å². The molecule has 0 atom stereocenters. The molecule has 0 aliphatic rings. The Labute approximate surface area is 227 Å². The van der Waals surface area contributed by atoms with E-state index in [0.29, 0.717) is 0 Å². The Kier molecular flexibility index (Phi) is 4.90. The summed E-state index contributed by atoms with van der Waals surface area (Å²) in [6.45, 7) is 0. The molecule has 3 aromatic heterocycles. The van der Waals surface area contributed by atoms with Crippen LogP contribution in [0, 0.1) is 0 Å². The van der Waals surface area contributed by atoms with Crippen molar-refractivity contribution in [3.63, 3.8) is 0 Å². The molecule has 0 fully saturated rings. The first-order valence-corrected chi connectivity index (χ1v) is 14.2. The van der Waals surface area contributed by atoms with E-state index >= 15 is 0 Å². The van der Waals surface area contributed by atoms with Gasteiger partial charge < -0.3 is 0 Å². The maximum absolute atomic E-state index is 5.15. The number of rotatable bonds is 3. The lowest BCUT2D eigenvalue weighted by Crippen LogP contribution is -1.93. The predicted molar refractivity (Wildman–Crippen MR) is 164 cm³/mol. The molecule has 0 aliphatic carbocycles. The van der Waals surface area contributed by atoms with E-state index in [-0.39, 0.29) is 0 Å². The van der Waals surface area contributed by atoms with E-state index < -0.39 is 0 Å². The van der Waals surface area contributed by atoms with Crippen LogP contribution in [0.4, 0.5) is 0 Å². The average molecular weight is 521 g/mol. The summed E-state index contributed by atoms with van der Waals surface area (Å²) in [6, 6.07) is 43.0. The summed E-state index contributed by atoms with van der Waals surface area (Å²) in [5.41, 5.74) is 5.58. The fourth-order valence-corrected chi connectivity index (χ4v) is 7.58. The van der Waals surface area contributed by atoms with Crippen LogP contribution in [0.1, 0.15) is 0 Å². The molecular weight excluding hydrogens is 501 g/mol. The summed E-state index contributed by atoms with van der Waals surface area (Å²) in [4.78, 5) is 11.2. The Morgan fingerprint density at radius 3 is 1.84 bits per heavy atom. The lowest BCUT2D eigenvalue weighted by atomic mass is 9.98. The molecular formula is C34H20N2S2. The van der Waals surface area contributed by atoms with E-state index in [1.54, 1.807) is 11.3 Å². The number of benzene rings is 5. The van der Waals surface area contributed by atoms with Crippen molar-refractivity contribution in [2.75, 3.05) is 0 Å². The highest BCUT2D eigenvalue weighted by Crippen LogP contribution is 2.41. The minimum atomic E-state index is 0.758. The highest BCUT2D eigenvalue weighted by molar-refractivity contribution is 7.26. The molecule has 3 heterocycles. The van der Waals surface area contributed by atoms with Crippen LogP contribution >= 0.6 is 22.7 Å². The van der Waals surface area contributed by atoms with Crippen LogP contribution in [-0.2, 0) is 0 Å². The Bertz CT molecular complexity index is 2120. The van der Waals surface area contributed by atoms with Crippen molar-refractivity contribution in [2.24, 2.45) is 0 Å². The highest BCUT2D eigenvalue weighted by Gasteiger charge is 2.17. The first-order valence-electron chi connectivity index (χ1n) is 12.6. The van der Waals surface area contributed by atoms with Crippen molar-refractivity contribution >= 4 is 63.1 Å². The third kappa shape index (κ3) is 3.38. The molecule has 8 rings (SSSR count). The minimum Gasteiger partial charge on any atom is -0.227 e. The summed E-state index contributed by atoms with van der Waals surface area (Å²) >= 11 is 3.59. The maximum atomic E-state index is 5.15. The van der Waals surface area contributed by atoms with E-state index in [9.17, 15) is 0 Å². The van der Waals surface area contributed by atoms with Gasteiger partial charge in [-0.25, -0.2) is 9.97 Å². The molecule has 0 amide bonds. The molecule has 0 spiro atoms. The summed E-state index contributed by atoms with van der Waals surface area (Å²) in [5, 5.41) is 4.99. The standard InChI is InChI=1S/C34H20N2S2/c1-2-9-22(10-3-1)32-31-26-12-5-7-15-28(26)38-34(31)36-33(35-32)23-19-17-21(18-20-23)24-13-8-16-29-30(24)25-11-4-6-14-27(25)37-29/h1-20H. The van der Waals surface area contributed by atoms with Gasteiger partial charge in [-0.1, -0.05) is 103 Å². The Hall–Kier alpha value is -4.38. The zero-order chi connectivity index (χ0) is 25.1. The van der Waals surface area contributed by atoms with E-state index in [0.717, 1.165) is 32.9 Å². The van der Waals surface area contributed by atoms with Crippen LogP contribution in [0.2, 0.25) is 0 Å². The largest absolute Gasteiger partial charge is 0.227 e. The van der Waals surface area contributed by atoms with Crippen molar-refractivity contribution in [2.45, 2.75) is 0 Å². The van der Waals surface area contributed by atoms with Gasteiger partial charge in [-0.05, 0) is 29.3 Å². The van der Waals surface area contributed by atoms with Crippen molar-refractivity contribution < 1.29 is 0 Å². The first-order chi connectivity index (χ1) is 18.8. The second-order valence-electron chi connectivity index (χ2n) is 9.39. The van der Waals surface area contributed by atoms with E-state index in [1.165, 1.54) is 41.4 Å². The first kappa shape index (κ1) is 21.7. The Morgan fingerprint density at radius 1 is 0.421 bits per heavy atom. The molecule has 0 radical (unpaired) electrons. The van der Waals surface area contributed by atoms with Crippen LogP contribution < -0.4 is 0 Å². The lowest BCUT2D eigenvalue weighted by molar-refractivity contribution is 1.24. The molecule has 0 aliphatic heterocycles. The molecule has 38 heavy (non-hydrogen) atoms. The third-order valence-electron chi connectivity index (χ3n) is 7.14. The van der Waals surface area contributed by atoms with Gasteiger partial charge in [0.1, 0.15) is 4.83 Å².